The lowest BCUT2D eigenvalue weighted by molar-refractivity contribution is -0.123. The van der Waals surface area contributed by atoms with E-state index >= 15 is 0 Å². The van der Waals surface area contributed by atoms with Crippen LogP contribution in [0.3, 0.4) is 0 Å². The molecule has 0 spiro atoms. The number of benzene rings is 2. The van der Waals surface area contributed by atoms with Crippen molar-refractivity contribution in [3.63, 3.8) is 0 Å². The molecule has 5 rings (SSSR count). The second kappa shape index (κ2) is 11.9. The molecule has 2 aromatic carbocycles. The molecule has 1 aliphatic heterocycles. The van der Waals surface area contributed by atoms with Gasteiger partial charge in [0.2, 0.25) is 11.8 Å². The van der Waals surface area contributed by atoms with Crippen molar-refractivity contribution in [3.8, 4) is 11.4 Å². The molecule has 0 radical (unpaired) electrons. The second-order valence-electron chi connectivity index (χ2n) is 9.56. The number of fused-ring (bicyclic) bond motifs is 1. The number of H-pyrrole nitrogens is 1. The Bertz CT molecular complexity index is 1610. The van der Waals surface area contributed by atoms with Crippen LogP contribution in [0.1, 0.15) is 29.9 Å². The van der Waals surface area contributed by atoms with Crippen LogP contribution in [0.5, 0.6) is 0 Å². The molecule has 3 amide bonds. The third kappa shape index (κ3) is 5.72. The first-order valence-corrected chi connectivity index (χ1v) is 13.4. The van der Waals surface area contributed by atoms with Crippen molar-refractivity contribution in [2.45, 2.75) is 19.3 Å². The van der Waals surface area contributed by atoms with Gasteiger partial charge in [0.25, 0.3) is 5.91 Å². The van der Waals surface area contributed by atoms with E-state index in [2.05, 4.69) is 25.9 Å². The fraction of sp³-hybridized carbons (Fsp3) is 0.194. The zero-order valence-electron chi connectivity index (χ0n) is 22.8. The molecule has 2 aromatic heterocycles. The van der Waals surface area contributed by atoms with E-state index in [9.17, 15) is 14.4 Å². The van der Waals surface area contributed by atoms with Gasteiger partial charge in [0, 0.05) is 44.5 Å². The molecular formula is C31H31N7O3. The maximum absolute atomic E-state index is 13.6. The van der Waals surface area contributed by atoms with Crippen molar-refractivity contribution in [1.29, 1.82) is 0 Å². The standard InChI is InChI=1S/C31H31N7O3/c1-3-32-30(41)31(23-12-8-5-9-13-23)14-18-38(19-15-31)29(40)25-20-24-27(34-17-16-33-21(2)39)36-26(37-28(24)35-25)22-10-6-4-7-11-22/h4-15,18-20H,3,16-17H2,1-2H3,(H,32,41)(H,33,39)(H2,34,35,36,37). The van der Waals surface area contributed by atoms with Gasteiger partial charge in [0.05, 0.1) is 5.39 Å². The number of nitrogens with zero attached hydrogens (tertiary/aromatic N) is 3. The summed E-state index contributed by atoms with van der Waals surface area (Å²) in [6.45, 7) is 4.67. The molecule has 0 fully saturated rings. The Balaban J connectivity index is 1.46. The van der Waals surface area contributed by atoms with Crippen LogP contribution >= 0.6 is 0 Å². The topological polar surface area (TPSA) is 132 Å². The molecule has 4 N–H and O–H groups in total. The summed E-state index contributed by atoms with van der Waals surface area (Å²) in [7, 11) is 0. The normalized spacial score (nSPS) is 13.7. The molecule has 0 bridgehead atoms. The van der Waals surface area contributed by atoms with Gasteiger partial charge in [-0.25, -0.2) is 9.97 Å². The molecule has 0 saturated carbocycles. The molecule has 208 valence electrons. The predicted octanol–water partition coefficient (Wildman–Crippen LogP) is 3.73. The zero-order valence-corrected chi connectivity index (χ0v) is 22.8. The van der Waals surface area contributed by atoms with E-state index in [4.69, 9.17) is 4.98 Å². The molecular weight excluding hydrogens is 518 g/mol. The summed E-state index contributed by atoms with van der Waals surface area (Å²) in [5, 5.41) is 9.55. The summed E-state index contributed by atoms with van der Waals surface area (Å²) < 4.78 is 0. The highest BCUT2D eigenvalue weighted by Gasteiger charge is 2.37. The molecule has 0 saturated heterocycles. The monoisotopic (exact) mass is 549 g/mol. The minimum atomic E-state index is -1.03. The molecule has 0 aliphatic carbocycles. The largest absolute Gasteiger partial charge is 0.368 e. The number of hydrogen-bond acceptors (Lipinski definition) is 6. The molecule has 10 heteroatoms. The second-order valence-corrected chi connectivity index (χ2v) is 9.56. The Morgan fingerprint density at radius 2 is 1.59 bits per heavy atom. The van der Waals surface area contributed by atoms with E-state index in [1.807, 2.05) is 67.6 Å². The van der Waals surface area contributed by atoms with Gasteiger partial charge >= 0.3 is 0 Å². The number of likely N-dealkylation sites (N-methyl/N-ethyl adjacent to an activating group) is 1. The lowest BCUT2D eigenvalue weighted by Gasteiger charge is -2.31. The Hall–Kier alpha value is -5.25. The summed E-state index contributed by atoms with van der Waals surface area (Å²) in [5.41, 5.74) is 1.40. The molecule has 3 heterocycles. The van der Waals surface area contributed by atoms with E-state index in [0.717, 1.165) is 11.1 Å². The maximum Gasteiger partial charge on any atom is 0.278 e. The summed E-state index contributed by atoms with van der Waals surface area (Å²) >= 11 is 0. The van der Waals surface area contributed by atoms with Crippen LogP contribution in [0.15, 0.2) is 91.3 Å². The van der Waals surface area contributed by atoms with Gasteiger partial charge in [-0.3, -0.25) is 19.3 Å². The van der Waals surface area contributed by atoms with Gasteiger partial charge in [0.15, 0.2) is 5.82 Å². The van der Waals surface area contributed by atoms with Gasteiger partial charge in [-0.05, 0) is 30.7 Å². The number of hydrogen-bond donors (Lipinski definition) is 4. The maximum atomic E-state index is 13.6. The molecule has 0 unspecified atom stereocenters. The summed E-state index contributed by atoms with van der Waals surface area (Å²) in [4.78, 5) is 52.0. The highest BCUT2D eigenvalue weighted by atomic mass is 16.2. The van der Waals surface area contributed by atoms with Crippen molar-refractivity contribution >= 4 is 34.6 Å². The quantitative estimate of drug-likeness (QED) is 0.235. The average Bonchev–Trinajstić information content (AvgIpc) is 3.44. The third-order valence-corrected chi connectivity index (χ3v) is 6.74. The van der Waals surface area contributed by atoms with Crippen LogP contribution in [0, 0.1) is 0 Å². The van der Waals surface area contributed by atoms with Crippen LogP contribution in [0.4, 0.5) is 5.82 Å². The van der Waals surface area contributed by atoms with E-state index in [1.54, 1.807) is 30.6 Å². The van der Waals surface area contributed by atoms with E-state index in [-0.39, 0.29) is 17.7 Å². The first-order chi connectivity index (χ1) is 19.9. The first kappa shape index (κ1) is 27.3. The van der Waals surface area contributed by atoms with Gasteiger partial charge < -0.3 is 20.9 Å². The number of rotatable bonds is 9. The van der Waals surface area contributed by atoms with Crippen LogP contribution in [-0.4, -0.2) is 57.2 Å². The van der Waals surface area contributed by atoms with Gasteiger partial charge in [0.1, 0.15) is 22.6 Å². The lowest BCUT2D eigenvalue weighted by atomic mass is 9.78. The van der Waals surface area contributed by atoms with Crippen molar-refractivity contribution in [2.75, 3.05) is 25.0 Å². The minimum absolute atomic E-state index is 0.120. The van der Waals surface area contributed by atoms with Gasteiger partial charge in [-0.1, -0.05) is 60.7 Å². The van der Waals surface area contributed by atoms with Gasteiger partial charge in [-0.2, -0.15) is 0 Å². The first-order valence-electron chi connectivity index (χ1n) is 13.4. The van der Waals surface area contributed by atoms with Crippen LogP contribution in [0.25, 0.3) is 22.4 Å². The number of carbonyl (C=O) groups excluding carboxylic acids is 3. The van der Waals surface area contributed by atoms with Crippen molar-refractivity contribution in [3.05, 3.63) is 103 Å². The number of anilines is 1. The minimum Gasteiger partial charge on any atom is -0.368 e. The smallest absolute Gasteiger partial charge is 0.278 e. The molecule has 4 aromatic rings. The fourth-order valence-corrected chi connectivity index (χ4v) is 4.67. The Morgan fingerprint density at radius 1 is 0.902 bits per heavy atom. The number of aromatic amines is 1. The summed E-state index contributed by atoms with van der Waals surface area (Å²) in [6.07, 6.45) is 6.69. The van der Waals surface area contributed by atoms with Crippen LogP contribution < -0.4 is 16.0 Å². The Labute approximate surface area is 237 Å². The third-order valence-electron chi connectivity index (χ3n) is 6.74. The summed E-state index contributed by atoms with van der Waals surface area (Å²) in [5.74, 6) is 0.422. The van der Waals surface area contributed by atoms with E-state index in [0.29, 0.717) is 48.0 Å². The molecule has 0 atom stereocenters. The van der Waals surface area contributed by atoms with Crippen LogP contribution in [0.2, 0.25) is 0 Å². The van der Waals surface area contributed by atoms with Crippen molar-refractivity contribution in [1.82, 2.24) is 30.5 Å². The predicted molar refractivity (Wildman–Crippen MR) is 158 cm³/mol. The molecule has 41 heavy (non-hydrogen) atoms. The number of nitrogens with one attached hydrogen (secondary N) is 4. The van der Waals surface area contributed by atoms with Crippen molar-refractivity contribution in [2.24, 2.45) is 0 Å². The summed E-state index contributed by atoms with van der Waals surface area (Å²) in [6, 6.07) is 20.7. The highest BCUT2D eigenvalue weighted by molar-refractivity contribution is 6.02. The number of aromatic nitrogens is 3. The SMILES string of the molecule is CCNC(=O)C1(c2ccccc2)C=CN(C(=O)c2cc3c(NCCNC(C)=O)nc(-c4ccccc4)nc3[nH]2)C=C1. The Morgan fingerprint density at radius 3 is 2.24 bits per heavy atom. The average molecular weight is 550 g/mol. The number of amides is 3. The fourth-order valence-electron chi connectivity index (χ4n) is 4.67. The number of carbonyl (C=O) groups is 3. The zero-order chi connectivity index (χ0) is 28.8. The van der Waals surface area contributed by atoms with E-state index in [1.165, 1.54) is 11.8 Å². The van der Waals surface area contributed by atoms with Crippen LogP contribution in [-0.2, 0) is 15.0 Å². The molecule has 10 nitrogen and oxygen atoms in total. The van der Waals surface area contributed by atoms with Crippen molar-refractivity contribution < 1.29 is 14.4 Å². The Kier molecular flexibility index (Phi) is 7.91. The highest BCUT2D eigenvalue weighted by Crippen LogP contribution is 2.32. The molecule has 1 aliphatic rings. The lowest BCUT2D eigenvalue weighted by Crippen LogP contribution is -2.43. The van der Waals surface area contributed by atoms with Gasteiger partial charge in [-0.15, -0.1) is 0 Å². The van der Waals surface area contributed by atoms with E-state index < -0.39 is 5.41 Å².